The Morgan fingerprint density at radius 3 is 2.56 bits per heavy atom. The number of fused-ring (bicyclic) bond motifs is 1. The van der Waals surface area contributed by atoms with Gasteiger partial charge in [-0.15, -0.1) is 0 Å². The quantitative estimate of drug-likeness (QED) is 0.737. The molecule has 0 unspecified atom stereocenters. The highest BCUT2D eigenvalue weighted by atomic mass is 17.2. The number of rotatable bonds is 1. The Hall–Kier alpha value is -1.55. The number of benzene rings is 1. The topological polar surface area (TPSA) is 61.6 Å². The lowest BCUT2D eigenvalue weighted by atomic mass is 10.1. The van der Waals surface area contributed by atoms with Gasteiger partial charge in [0.15, 0.2) is 5.75 Å². The first-order valence-electron chi connectivity index (χ1n) is 5.28. The van der Waals surface area contributed by atoms with Gasteiger partial charge in [0.25, 0.3) is 0 Å². The van der Waals surface area contributed by atoms with E-state index >= 15 is 0 Å². The molecule has 1 amide bonds. The standard InChI is InChI=1S/C8H8O2.C4H9NO/c1-2-4-8-7(3-1)5-6-9-10-8;1-3(2)4(5)6/h1-4H,5-6H2;3H,1-2H3,(H2,5,6). The average molecular weight is 223 g/mol. The van der Waals surface area contributed by atoms with Crippen LogP contribution in [0.3, 0.4) is 0 Å². The van der Waals surface area contributed by atoms with Gasteiger partial charge in [0.05, 0.1) is 6.61 Å². The molecule has 88 valence electrons. The highest BCUT2D eigenvalue weighted by Crippen LogP contribution is 2.21. The van der Waals surface area contributed by atoms with E-state index in [1.54, 1.807) is 13.8 Å². The molecule has 1 heterocycles. The molecule has 0 radical (unpaired) electrons. The number of carbonyl (C=O) groups is 1. The van der Waals surface area contributed by atoms with Crippen molar-refractivity contribution < 1.29 is 14.6 Å². The van der Waals surface area contributed by atoms with Gasteiger partial charge in [-0.2, -0.15) is 4.89 Å². The van der Waals surface area contributed by atoms with Gasteiger partial charge in [-0.1, -0.05) is 32.0 Å². The smallest absolute Gasteiger partial charge is 0.219 e. The highest BCUT2D eigenvalue weighted by molar-refractivity contribution is 5.75. The molecule has 0 fully saturated rings. The third-order valence-corrected chi connectivity index (χ3v) is 2.15. The van der Waals surface area contributed by atoms with Crippen LogP contribution in [0, 0.1) is 5.92 Å². The van der Waals surface area contributed by atoms with Crippen molar-refractivity contribution >= 4 is 5.91 Å². The number of carbonyl (C=O) groups excluding carboxylic acids is 1. The van der Waals surface area contributed by atoms with Gasteiger partial charge in [0.2, 0.25) is 5.91 Å². The fraction of sp³-hybridized carbons (Fsp3) is 0.417. The first-order valence-corrected chi connectivity index (χ1v) is 5.28. The van der Waals surface area contributed by atoms with E-state index in [9.17, 15) is 4.79 Å². The summed E-state index contributed by atoms with van der Waals surface area (Å²) < 4.78 is 0. The first kappa shape index (κ1) is 12.5. The van der Waals surface area contributed by atoms with Gasteiger partial charge < -0.3 is 10.6 Å². The number of primary amides is 1. The molecule has 0 saturated heterocycles. The Kier molecular flexibility index (Phi) is 4.79. The highest BCUT2D eigenvalue weighted by Gasteiger charge is 2.08. The average Bonchev–Trinajstić information content (AvgIpc) is 2.30. The summed E-state index contributed by atoms with van der Waals surface area (Å²) in [6.07, 6.45) is 0.955. The van der Waals surface area contributed by atoms with Crippen molar-refractivity contribution in [1.82, 2.24) is 0 Å². The van der Waals surface area contributed by atoms with Gasteiger partial charge in [0.1, 0.15) is 0 Å². The molecule has 1 aliphatic heterocycles. The van der Waals surface area contributed by atoms with Crippen LogP contribution in [0.2, 0.25) is 0 Å². The van der Waals surface area contributed by atoms with E-state index in [2.05, 4.69) is 6.07 Å². The molecule has 2 N–H and O–H groups in total. The normalized spacial score (nSPS) is 13.2. The summed E-state index contributed by atoms with van der Waals surface area (Å²) in [5.41, 5.74) is 6.03. The molecule has 2 rings (SSSR count). The lowest BCUT2D eigenvalue weighted by Gasteiger charge is -2.14. The van der Waals surface area contributed by atoms with Gasteiger partial charge in [-0.05, 0) is 6.07 Å². The van der Waals surface area contributed by atoms with Crippen LogP contribution in [0.1, 0.15) is 19.4 Å². The number of amides is 1. The Morgan fingerprint density at radius 1 is 1.38 bits per heavy atom. The van der Waals surface area contributed by atoms with E-state index in [-0.39, 0.29) is 11.8 Å². The van der Waals surface area contributed by atoms with E-state index in [0.717, 1.165) is 12.2 Å². The van der Waals surface area contributed by atoms with E-state index in [0.29, 0.717) is 6.61 Å². The fourth-order valence-corrected chi connectivity index (χ4v) is 1.05. The summed E-state index contributed by atoms with van der Waals surface area (Å²) in [5, 5.41) is 0. The second-order valence-electron chi connectivity index (χ2n) is 3.82. The molecule has 1 aromatic rings. The molecule has 1 aromatic carbocycles. The zero-order valence-electron chi connectivity index (χ0n) is 9.60. The third kappa shape index (κ3) is 3.90. The molecule has 0 bridgehead atoms. The summed E-state index contributed by atoms with van der Waals surface area (Å²) in [6.45, 7) is 4.20. The molecular formula is C12H17NO3. The van der Waals surface area contributed by atoms with Crippen molar-refractivity contribution in [1.29, 1.82) is 0 Å². The molecule has 4 heteroatoms. The minimum atomic E-state index is -0.241. The molecule has 4 nitrogen and oxygen atoms in total. The zero-order valence-corrected chi connectivity index (χ0v) is 9.60. The van der Waals surface area contributed by atoms with Crippen LogP contribution < -0.4 is 10.6 Å². The van der Waals surface area contributed by atoms with Crippen molar-refractivity contribution in [3.05, 3.63) is 29.8 Å². The van der Waals surface area contributed by atoms with Crippen molar-refractivity contribution in [3.63, 3.8) is 0 Å². The van der Waals surface area contributed by atoms with Crippen molar-refractivity contribution in [2.75, 3.05) is 6.61 Å². The Morgan fingerprint density at radius 2 is 2.00 bits per heavy atom. The predicted molar refractivity (Wildman–Crippen MR) is 60.8 cm³/mol. The summed E-state index contributed by atoms with van der Waals surface area (Å²) in [4.78, 5) is 19.6. The Labute approximate surface area is 95.3 Å². The summed E-state index contributed by atoms with van der Waals surface area (Å²) >= 11 is 0. The van der Waals surface area contributed by atoms with E-state index in [1.807, 2.05) is 18.2 Å². The zero-order chi connectivity index (χ0) is 12.0. The molecule has 0 aliphatic carbocycles. The van der Waals surface area contributed by atoms with E-state index in [4.69, 9.17) is 15.5 Å². The largest absolute Gasteiger partial charge is 0.369 e. The van der Waals surface area contributed by atoms with Crippen LogP contribution in [0.15, 0.2) is 24.3 Å². The maximum Gasteiger partial charge on any atom is 0.219 e. The lowest BCUT2D eigenvalue weighted by Crippen LogP contribution is -2.17. The van der Waals surface area contributed by atoms with Crippen LogP contribution in [0.5, 0.6) is 5.75 Å². The summed E-state index contributed by atoms with van der Waals surface area (Å²) in [6, 6.07) is 7.91. The minimum Gasteiger partial charge on any atom is -0.369 e. The monoisotopic (exact) mass is 223 g/mol. The van der Waals surface area contributed by atoms with Gasteiger partial charge in [-0.3, -0.25) is 4.79 Å². The van der Waals surface area contributed by atoms with Crippen LogP contribution in [0.25, 0.3) is 0 Å². The second-order valence-corrected chi connectivity index (χ2v) is 3.82. The minimum absolute atomic E-state index is 0.00926. The van der Waals surface area contributed by atoms with Crippen LogP contribution in [-0.2, 0) is 16.1 Å². The van der Waals surface area contributed by atoms with E-state index in [1.165, 1.54) is 5.56 Å². The summed E-state index contributed by atoms with van der Waals surface area (Å²) in [5.74, 6) is 0.605. The van der Waals surface area contributed by atoms with Gasteiger partial charge in [0, 0.05) is 17.9 Å². The fourth-order valence-electron chi connectivity index (χ4n) is 1.05. The number of hydrogen-bond acceptors (Lipinski definition) is 3. The summed E-state index contributed by atoms with van der Waals surface area (Å²) in [7, 11) is 0. The molecule has 0 atom stereocenters. The number of hydrogen-bond donors (Lipinski definition) is 1. The predicted octanol–water partition coefficient (Wildman–Crippen LogP) is 1.68. The molecule has 1 aliphatic rings. The van der Waals surface area contributed by atoms with Crippen molar-refractivity contribution in [3.8, 4) is 5.75 Å². The van der Waals surface area contributed by atoms with Crippen LogP contribution in [0.4, 0.5) is 0 Å². The van der Waals surface area contributed by atoms with Gasteiger partial charge >= 0.3 is 0 Å². The lowest BCUT2D eigenvalue weighted by molar-refractivity contribution is -0.215. The Bertz CT molecular complexity index is 325. The third-order valence-electron chi connectivity index (χ3n) is 2.15. The molecular weight excluding hydrogens is 206 g/mol. The molecule has 0 aromatic heterocycles. The maximum absolute atomic E-state index is 9.92. The molecule has 16 heavy (non-hydrogen) atoms. The first-order chi connectivity index (χ1) is 7.61. The number of nitrogens with two attached hydrogens (primary N) is 1. The molecule has 0 saturated carbocycles. The molecule has 0 spiro atoms. The maximum atomic E-state index is 9.92. The van der Waals surface area contributed by atoms with Gasteiger partial charge in [-0.25, -0.2) is 0 Å². The van der Waals surface area contributed by atoms with Crippen LogP contribution in [-0.4, -0.2) is 12.5 Å². The van der Waals surface area contributed by atoms with Crippen molar-refractivity contribution in [2.45, 2.75) is 20.3 Å². The second kappa shape index (κ2) is 6.12. The number of para-hydroxylation sites is 1. The van der Waals surface area contributed by atoms with E-state index < -0.39 is 0 Å². The SMILES string of the molecule is CC(C)C(N)=O.c1ccc2c(c1)CCOO2. The Balaban J connectivity index is 0.000000187. The van der Waals surface area contributed by atoms with Crippen LogP contribution >= 0.6 is 0 Å². The van der Waals surface area contributed by atoms with Crippen molar-refractivity contribution in [2.24, 2.45) is 11.7 Å².